The van der Waals surface area contributed by atoms with E-state index >= 15 is 0 Å². The van der Waals surface area contributed by atoms with Crippen LogP contribution in [0.1, 0.15) is 22.3 Å². The Hall–Kier alpha value is -2.79. The highest BCUT2D eigenvalue weighted by Crippen LogP contribution is 2.28. The van der Waals surface area contributed by atoms with Gasteiger partial charge in [0.15, 0.2) is 16.4 Å². The quantitative estimate of drug-likeness (QED) is 0.580. The molecule has 34 heavy (non-hydrogen) atoms. The van der Waals surface area contributed by atoms with Gasteiger partial charge in [0, 0.05) is 39.0 Å². The van der Waals surface area contributed by atoms with Crippen molar-refractivity contribution in [1.29, 1.82) is 0 Å². The molecule has 1 fully saturated rings. The number of hydrogen-bond donors (Lipinski definition) is 0. The lowest BCUT2D eigenvalue weighted by Gasteiger charge is -2.23. The molecule has 186 valence electrons. The van der Waals surface area contributed by atoms with Crippen LogP contribution in [0.25, 0.3) is 0 Å². The third-order valence-electron chi connectivity index (χ3n) is 5.44. The lowest BCUT2D eigenvalue weighted by atomic mass is 10.1. The first kappa shape index (κ1) is 25.8. The number of methoxy groups -OCH3 is 1. The Morgan fingerprint density at radius 3 is 2.35 bits per heavy atom. The van der Waals surface area contributed by atoms with Gasteiger partial charge in [-0.15, -0.1) is 0 Å². The highest BCUT2D eigenvalue weighted by atomic mass is 32.2. The maximum atomic E-state index is 13.2. The van der Waals surface area contributed by atoms with E-state index in [1.165, 1.54) is 25.3 Å². The molecule has 1 saturated heterocycles. The molecule has 0 spiro atoms. The van der Waals surface area contributed by atoms with Crippen molar-refractivity contribution < 1.29 is 35.9 Å². The number of halogens is 3. The average molecular weight is 501 g/mol. The maximum absolute atomic E-state index is 13.2. The molecule has 7 nitrogen and oxygen atoms in total. The summed E-state index contributed by atoms with van der Waals surface area (Å²) >= 11 is 0. The van der Waals surface area contributed by atoms with Crippen LogP contribution < -0.4 is 9.47 Å². The van der Waals surface area contributed by atoms with Gasteiger partial charge in [-0.3, -0.25) is 9.69 Å². The number of rotatable bonds is 7. The lowest BCUT2D eigenvalue weighted by molar-refractivity contribution is -0.153. The summed E-state index contributed by atoms with van der Waals surface area (Å²) in [5.74, 6) is -0.220. The van der Waals surface area contributed by atoms with Gasteiger partial charge in [-0.2, -0.15) is 13.2 Å². The fraction of sp³-hybridized carbons (Fsp3) is 0.435. The average Bonchev–Trinajstić information content (AvgIpc) is 3.02. The second-order valence-corrected chi connectivity index (χ2v) is 10.1. The summed E-state index contributed by atoms with van der Waals surface area (Å²) in [4.78, 5) is 17.2. The summed E-state index contributed by atoms with van der Waals surface area (Å²) in [6, 6.07) is 10.8. The van der Waals surface area contributed by atoms with Crippen molar-refractivity contribution in [2.24, 2.45) is 0 Å². The zero-order valence-electron chi connectivity index (χ0n) is 19.0. The molecule has 1 heterocycles. The van der Waals surface area contributed by atoms with E-state index in [0.29, 0.717) is 44.9 Å². The minimum Gasteiger partial charge on any atom is -0.497 e. The zero-order chi connectivity index (χ0) is 24.9. The van der Waals surface area contributed by atoms with Crippen LogP contribution in [0.5, 0.6) is 11.5 Å². The van der Waals surface area contributed by atoms with Crippen molar-refractivity contribution in [3.05, 3.63) is 53.6 Å². The van der Waals surface area contributed by atoms with Crippen molar-refractivity contribution in [3.8, 4) is 11.5 Å². The molecule has 0 N–H and O–H groups in total. The molecule has 0 aliphatic carbocycles. The van der Waals surface area contributed by atoms with E-state index in [0.717, 1.165) is 11.8 Å². The lowest BCUT2D eigenvalue weighted by Crippen LogP contribution is -2.35. The fourth-order valence-corrected chi connectivity index (χ4v) is 4.32. The summed E-state index contributed by atoms with van der Waals surface area (Å²) < 4.78 is 71.2. The number of benzene rings is 2. The normalized spacial score (nSPS) is 15.6. The van der Waals surface area contributed by atoms with E-state index in [1.807, 2.05) is 0 Å². The van der Waals surface area contributed by atoms with Gasteiger partial charge in [0.1, 0.15) is 11.5 Å². The van der Waals surface area contributed by atoms with Gasteiger partial charge < -0.3 is 14.4 Å². The number of alkyl halides is 3. The van der Waals surface area contributed by atoms with Crippen LogP contribution in [0, 0.1) is 0 Å². The van der Waals surface area contributed by atoms with Gasteiger partial charge in [0.25, 0.3) is 5.91 Å². The van der Waals surface area contributed by atoms with E-state index in [2.05, 4.69) is 4.90 Å². The van der Waals surface area contributed by atoms with Crippen molar-refractivity contribution in [1.82, 2.24) is 9.80 Å². The number of carbonyl (C=O) groups is 1. The van der Waals surface area contributed by atoms with Crippen molar-refractivity contribution >= 4 is 15.7 Å². The van der Waals surface area contributed by atoms with Crippen molar-refractivity contribution in [2.75, 3.05) is 46.2 Å². The molecule has 0 radical (unpaired) electrons. The van der Waals surface area contributed by atoms with Crippen molar-refractivity contribution in [2.45, 2.75) is 24.0 Å². The zero-order valence-corrected chi connectivity index (χ0v) is 19.8. The molecule has 1 amide bonds. The number of carbonyl (C=O) groups excluding carboxylic acids is 1. The van der Waals surface area contributed by atoms with Crippen LogP contribution >= 0.6 is 0 Å². The van der Waals surface area contributed by atoms with Crippen LogP contribution in [0.15, 0.2) is 47.4 Å². The van der Waals surface area contributed by atoms with Crippen LogP contribution in [0.3, 0.4) is 0 Å². The second-order valence-electron chi connectivity index (χ2n) is 8.10. The molecule has 0 atom stereocenters. The van der Waals surface area contributed by atoms with Gasteiger partial charge in [0.2, 0.25) is 0 Å². The van der Waals surface area contributed by atoms with Gasteiger partial charge in [-0.05, 0) is 42.3 Å². The molecule has 0 unspecified atom stereocenters. The molecule has 2 aromatic rings. The number of amides is 1. The van der Waals surface area contributed by atoms with Crippen LogP contribution in [-0.2, 0) is 16.4 Å². The first-order valence-electron chi connectivity index (χ1n) is 10.6. The predicted molar refractivity (Wildman–Crippen MR) is 120 cm³/mol. The highest BCUT2D eigenvalue weighted by Gasteiger charge is 2.30. The molecule has 3 rings (SSSR count). The topological polar surface area (TPSA) is 76.2 Å². The smallest absolute Gasteiger partial charge is 0.422 e. The van der Waals surface area contributed by atoms with E-state index in [9.17, 15) is 26.4 Å². The molecular weight excluding hydrogens is 473 g/mol. The van der Waals surface area contributed by atoms with Gasteiger partial charge in [0.05, 0.1) is 17.6 Å². The summed E-state index contributed by atoms with van der Waals surface area (Å²) in [5, 5.41) is 0. The number of sulfone groups is 1. The molecule has 11 heteroatoms. The SMILES string of the molecule is COc1ccc(OCC(F)(F)F)c(C(=O)N2CCCN(Cc3ccc(S(C)(=O)=O)cc3)CC2)c1. The van der Waals surface area contributed by atoms with Crippen LogP contribution in [0.4, 0.5) is 13.2 Å². The Labute approximate surface area is 197 Å². The predicted octanol–water partition coefficient (Wildman–Crippen LogP) is 3.39. The summed E-state index contributed by atoms with van der Waals surface area (Å²) in [5.41, 5.74) is 0.969. The molecule has 0 saturated carbocycles. The Morgan fingerprint density at radius 1 is 1.03 bits per heavy atom. The molecule has 1 aliphatic rings. The number of hydrogen-bond acceptors (Lipinski definition) is 6. The maximum Gasteiger partial charge on any atom is 0.422 e. The fourth-order valence-electron chi connectivity index (χ4n) is 3.69. The first-order valence-corrected chi connectivity index (χ1v) is 12.5. The largest absolute Gasteiger partial charge is 0.497 e. The van der Waals surface area contributed by atoms with Crippen LogP contribution in [0.2, 0.25) is 0 Å². The van der Waals surface area contributed by atoms with Gasteiger partial charge in [-0.1, -0.05) is 12.1 Å². The van der Waals surface area contributed by atoms with Gasteiger partial charge in [-0.25, -0.2) is 8.42 Å². The Morgan fingerprint density at radius 2 is 1.74 bits per heavy atom. The minimum atomic E-state index is -4.52. The first-order chi connectivity index (χ1) is 16.0. The van der Waals surface area contributed by atoms with E-state index in [4.69, 9.17) is 9.47 Å². The van der Waals surface area contributed by atoms with Crippen molar-refractivity contribution in [3.63, 3.8) is 0 Å². The third kappa shape index (κ3) is 7.10. The molecule has 0 bridgehead atoms. The Balaban J connectivity index is 1.68. The molecule has 0 aromatic heterocycles. The van der Waals surface area contributed by atoms with Crippen LogP contribution in [-0.4, -0.2) is 76.5 Å². The minimum absolute atomic E-state index is 0.0217. The number of ether oxygens (including phenoxy) is 2. The second kappa shape index (κ2) is 10.6. The molecular formula is C23H27F3N2O5S. The monoisotopic (exact) mass is 500 g/mol. The van der Waals surface area contributed by atoms with E-state index in [-0.39, 0.29) is 16.2 Å². The Kier molecular flexibility index (Phi) is 8.09. The van der Waals surface area contributed by atoms with E-state index < -0.39 is 28.5 Å². The summed E-state index contributed by atoms with van der Waals surface area (Å²) in [6.45, 7) is 1.19. The number of nitrogens with zero attached hydrogens (tertiary/aromatic N) is 2. The summed E-state index contributed by atoms with van der Waals surface area (Å²) in [7, 11) is -1.85. The van der Waals surface area contributed by atoms with E-state index in [1.54, 1.807) is 29.2 Å². The Bertz CT molecular complexity index is 1100. The highest BCUT2D eigenvalue weighted by molar-refractivity contribution is 7.90. The molecule has 1 aliphatic heterocycles. The van der Waals surface area contributed by atoms with Gasteiger partial charge >= 0.3 is 6.18 Å². The third-order valence-corrected chi connectivity index (χ3v) is 6.57. The summed E-state index contributed by atoms with van der Waals surface area (Å²) in [6.07, 6.45) is -2.69. The molecule has 2 aromatic carbocycles. The standard InChI is InChI=1S/C23H27F3N2O5S/c1-32-18-6-9-21(33-16-23(24,25)26)20(14-18)22(29)28-11-3-10-27(12-13-28)15-17-4-7-19(8-5-17)34(2,30)31/h4-9,14H,3,10-13,15-16H2,1-2H3.